The molecule has 1 aliphatic rings. The van der Waals surface area contributed by atoms with Crippen molar-refractivity contribution in [2.45, 2.75) is 32.4 Å². The quantitative estimate of drug-likeness (QED) is 0.917. The lowest BCUT2D eigenvalue weighted by atomic mass is 9.97. The summed E-state index contributed by atoms with van der Waals surface area (Å²) in [6.45, 7) is 4.88. The van der Waals surface area contributed by atoms with Crippen molar-refractivity contribution in [3.8, 4) is 6.07 Å². The second-order valence-corrected chi connectivity index (χ2v) is 6.48. The first-order chi connectivity index (χ1) is 10.1. The van der Waals surface area contributed by atoms with Gasteiger partial charge >= 0.3 is 0 Å². The van der Waals surface area contributed by atoms with Crippen LogP contribution in [0.4, 0.5) is 5.69 Å². The van der Waals surface area contributed by atoms with Gasteiger partial charge in [-0.25, -0.2) is 0 Å². The van der Waals surface area contributed by atoms with Crippen molar-refractivity contribution in [3.05, 3.63) is 51.2 Å². The molecule has 108 valence electrons. The molecule has 0 spiro atoms. The van der Waals surface area contributed by atoms with Crippen molar-refractivity contribution in [1.82, 2.24) is 0 Å². The van der Waals surface area contributed by atoms with Gasteiger partial charge in [-0.1, -0.05) is 6.07 Å². The van der Waals surface area contributed by atoms with Crippen molar-refractivity contribution < 1.29 is 5.11 Å². The summed E-state index contributed by atoms with van der Waals surface area (Å²) in [5.41, 5.74) is 3.87. The van der Waals surface area contributed by atoms with E-state index >= 15 is 0 Å². The second-order valence-electron chi connectivity index (χ2n) is 5.48. The minimum Gasteiger partial charge on any atom is -0.389 e. The van der Waals surface area contributed by atoms with Gasteiger partial charge in [0.05, 0.1) is 23.8 Å². The Morgan fingerprint density at radius 3 is 2.95 bits per heavy atom. The van der Waals surface area contributed by atoms with E-state index in [0.29, 0.717) is 5.56 Å². The molecule has 0 saturated carbocycles. The van der Waals surface area contributed by atoms with E-state index in [1.54, 1.807) is 13.0 Å². The van der Waals surface area contributed by atoms with E-state index in [0.717, 1.165) is 24.2 Å². The molecular formula is C17H18N2OS. The SMILES string of the molecule is CC1c2ccsc2CCN1c1cc(C#N)ccc1[C@@H](C)O. The van der Waals surface area contributed by atoms with Crippen LogP contribution in [-0.4, -0.2) is 11.7 Å². The van der Waals surface area contributed by atoms with Gasteiger partial charge in [-0.15, -0.1) is 11.3 Å². The average molecular weight is 298 g/mol. The lowest BCUT2D eigenvalue weighted by Gasteiger charge is -2.37. The molecule has 2 atom stereocenters. The Balaban J connectivity index is 2.06. The number of thiophene rings is 1. The van der Waals surface area contributed by atoms with Crippen LogP contribution in [-0.2, 0) is 6.42 Å². The zero-order valence-electron chi connectivity index (χ0n) is 12.2. The predicted molar refractivity (Wildman–Crippen MR) is 85.6 cm³/mol. The molecular weight excluding hydrogens is 280 g/mol. The fourth-order valence-electron chi connectivity index (χ4n) is 3.05. The van der Waals surface area contributed by atoms with Gasteiger partial charge in [0.15, 0.2) is 0 Å². The number of anilines is 1. The van der Waals surface area contributed by atoms with E-state index in [1.807, 2.05) is 23.5 Å². The molecule has 2 aromatic rings. The summed E-state index contributed by atoms with van der Waals surface area (Å²) in [5, 5.41) is 21.3. The van der Waals surface area contributed by atoms with Crippen LogP contribution in [0.15, 0.2) is 29.6 Å². The normalized spacial score (nSPS) is 19.0. The Morgan fingerprint density at radius 2 is 2.24 bits per heavy atom. The molecule has 0 saturated heterocycles. The average Bonchev–Trinajstić information content (AvgIpc) is 2.96. The van der Waals surface area contributed by atoms with Crippen molar-refractivity contribution in [2.24, 2.45) is 0 Å². The van der Waals surface area contributed by atoms with Crippen molar-refractivity contribution in [1.29, 1.82) is 5.26 Å². The van der Waals surface area contributed by atoms with Gasteiger partial charge in [-0.05, 0) is 49.4 Å². The molecule has 1 aliphatic heterocycles. The van der Waals surface area contributed by atoms with Crippen molar-refractivity contribution in [2.75, 3.05) is 11.4 Å². The van der Waals surface area contributed by atoms with Crippen molar-refractivity contribution >= 4 is 17.0 Å². The fraction of sp³-hybridized carbons (Fsp3) is 0.353. The molecule has 4 heteroatoms. The molecule has 0 fully saturated rings. The Morgan fingerprint density at radius 1 is 1.43 bits per heavy atom. The van der Waals surface area contributed by atoms with Gasteiger partial charge in [0.1, 0.15) is 0 Å². The fourth-order valence-corrected chi connectivity index (χ4v) is 4.02. The van der Waals surface area contributed by atoms with Crippen LogP contribution in [0.3, 0.4) is 0 Å². The smallest absolute Gasteiger partial charge is 0.0992 e. The number of aliphatic hydroxyl groups is 1. The standard InChI is InChI=1S/C17H18N2OS/c1-11-14-6-8-21-17(14)5-7-19(11)16-9-13(10-18)3-4-15(16)12(2)20/h3-4,6,8-9,11-12,20H,5,7H2,1-2H3/t11?,12-/m1/s1. The minimum atomic E-state index is -0.538. The molecule has 1 unspecified atom stereocenters. The van der Waals surface area contributed by atoms with E-state index < -0.39 is 6.10 Å². The highest BCUT2D eigenvalue weighted by Crippen LogP contribution is 2.39. The van der Waals surface area contributed by atoms with Crippen LogP contribution in [0, 0.1) is 11.3 Å². The van der Waals surface area contributed by atoms with E-state index in [1.165, 1.54) is 10.4 Å². The van der Waals surface area contributed by atoms with Gasteiger partial charge < -0.3 is 10.0 Å². The van der Waals surface area contributed by atoms with Gasteiger partial charge in [0, 0.05) is 22.7 Å². The zero-order chi connectivity index (χ0) is 15.0. The summed E-state index contributed by atoms with van der Waals surface area (Å²) in [6, 6.07) is 10.2. The highest BCUT2D eigenvalue weighted by Gasteiger charge is 2.27. The van der Waals surface area contributed by atoms with Crippen LogP contribution >= 0.6 is 11.3 Å². The largest absolute Gasteiger partial charge is 0.389 e. The monoisotopic (exact) mass is 298 g/mol. The molecule has 0 bridgehead atoms. The third-order valence-corrected chi connectivity index (χ3v) is 5.19. The van der Waals surface area contributed by atoms with E-state index in [2.05, 4.69) is 29.3 Å². The summed E-state index contributed by atoms with van der Waals surface area (Å²) in [5.74, 6) is 0. The topological polar surface area (TPSA) is 47.3 Å². The number of aliphatic hydroxyl groups excluding tert-OH is 1. The minimum absolute atomic E-state index is 0.270. The van der Waals surface area contributed by atoms with Crippen LogP contribution in [0.5, 0.6) is 0 Å². The molecule has 1 N–H and O–H groups in total. The van der Waals surface area contributed by atoms with Crippen LogP contribution in [0.25, 0.3) is 0 Å². The van der Waals surface area contributed by atoms with E-state index in [4.69, 9.17) is 5.26 Å². The molecule has 3 nitrogen and oxygen atoms in total. The lowest BCUT2D eigenvalue weighted by molar-refractivity contribution is 0.199. The summed E-state index contributed by atoms with van der Waals surface area (Å²) in [6.07, 6.45) is 0.483. The lowest BCUT2D eigenvalue weighted by Crippen LogP contribution is -2.34. The van der Waals surface area contributed by atoms with Crippen molar-refractivity contribution in [3.63, 3.8) is 0 Å². The molecule has 3 rings (SSSR count). The van der Waals surface area contributed by atoms with Gasteiger partial charge in [-0.2, -0.15) is 5.26 Å². The highest BCUT2D eigenvalue weighted by atomic mass is 32.1. The highest BCUT2D eigenvalue weighted by molar-refractivity contribution is 7.10. The number of nitrogens with zero attached hydrogens (tertiary/aromatic N) is 2. The molecule has 21 heavy (non-hydrogen) atoms. The molecule has 1 aromatic carbocycles. The maximum absolute atomic E-state index is 10.0. The summed E-state index contributed by atoms with van der Waals surface area (Å²) >= 11 is 1.82. The molecule has 0 radical (unpaired) electrons. The molecule has 0 amide bonds. The Kier molecular flexibility index (Phi) is 3.71. The third-order valence-electron chi connectivity index (χ3n) is 4.20. The van der Waals surface area contributed by atoms with E-state index in [-0.39, 0.29) is 6.04 Å². The molecule has 1 aromatic heterocycles. The predicted octanol–water partition coefficient (Wildman–Crippen LogP) is 3.80. The number of fused-ring (bicyclic) bond motifs is 1. The number of hydrogen-bond donors (Lipinski definition) is 1. The van der Waals surface area contributed by atoms with Crippen LogP contribution in [0.2, 0.25) is 0 Å². The first-order valence-electron chi connectivity index (χ1n) is 7.17. The van der Waals surface area contributed by atoms with Crippen LogP contribution in [0.1, 0.15) is 47.6 Å². The van der Waals surface area contributed by atoms with Gasteiger partial charge in [0.25, 0.3) is 0 Å². The Bertz CT molecular complexity index is 699. The summed E-state index contributed by atoms with van der Waals surface area (Å²) in [4.78, 5) is 3.76. The number of rotatable bonds is 2. The second kappa shape index (κ2) is 5.51. The zero-order valence-corrected chi connectivity index (χ0v) is 13.0. The molecule has 0 aliphatic carbocycles. The first-order valence-corrected chi connectivity index (χ1v) is 8.04. The van der Waals surface area contributed by atoms with Crippen LogP contribution < -0.4 is 4.90 Å². The third kappa shape index (κ3) is 2.44. The summed E-state index contributed by atoms with van der Waals surface area (Å²) < 4.78 is 0. The van der Waals surface area contributed by atoms with Gasteiger partial charge in [0.2, 0.25) is 0 Å². The Labute approximate surface area is 129 Å². The number of benzene rings is 1. The maximum atomic E-state index is 10.0. The van der Waals surface area contributed by atoms with E-state index in [9.17, 15) is 5.11 Å². The summed E-state index contributed by atoms with van der Waals surface area (Å²) in [7, 11) is 0. The number of hydrogen-bond acceptors (Lipinski definition) is 4. The molecule has 2 heterocycles. The maximum Gasteiger partial charge on any atom is 0.0992 e. The first kappa shape index (κ1) is 14.1. The Hall–Kier alpha value is -1.83. The van der Waals surface area contributed by atoms with Gasteiger partial charge in [-0.3, -0.25) is 0 Å². The number of nitriles is 1.